The first-order valence-corrected chi connectivity index (χ1v) is 8.15. The number of fused-ring (bicyclic) bond motifs is 2. The second-order valence-electron chi connectivity index (χ2n) is 6.94. The molecule has 114 valence electrons. The van der Waals surface area contributed by atoms with Crippen LogP contribution in [0.5, 0.6) is 0 Å². The Kier molecular flexibility index (Phi) is 3.32. The first kappa shape index (κ1) is 15.1. The second-order valence-corrected chi connectivity index (χ2v) is 6.94. The average molecular weight is 290 g/mol. The van der Waals surface area contributed by atoms with Crippen LogP contribution >= 0.6 is 0 Å². The van der Waals surface area contributed by atoms with Crippen molar-refractivity contribution >= 4 is 21.5 Å². The SMILES string of the molecule is Cc1c(C)c(C)c2cc3c(C)c(C)c(C)c(C)c3cc2c1C. The molecule has 0 bridgehead atoms. The molecule has 0 aliphatic rings. The lowest BCUT2D eigenvalue weighted by Gasteiger charge is -2.19. The van der Waals surface area contributed by atoms with Crippen LogP contribution in [-0.4, -0.2) is 0 Å². The maximum atomic E-state index is 2.42. The number of aryl methyl sites for hydroxylation is 4. The highest BCUT2D eigenvalue weighted by Crippen LogP contribution is 2.36. The van der Waals surface area contributed by atoms with Gasteiger partial charge >= 0.3 is 0 Å². The summed E-state index contributed by atoms with van der Waals surface area (Å²) in [5, 5.41) is 5.66. The van der Waals surface area contributed by atoms with E-state index in [-0.39, 0.29) is 0 Å². The molecule has 0 saturated carbocycles. The molecule has 0 heterocycles. The van der Waals surface area contributed by atoms with E-state index in [1.165, 1.54) is 66.1 Å². The van der Waals surface area contributed by atoms with Crippen molar-refractivity contribution in [1.82, 2.24) is 0 Å². The molecule has 0 saturated heterocycles. The quantitative estimate of drug-likeness (QED) is 0.417. The van der Waals surface area contributed by atoms with Crippen LogP contribution in [0.15, 0.2) is 12.1 Å². The maximum absolute atomic E-state index is 2.42. The first-order chi connectivity index (χ1) is 10.3. The monoisotopic (exact) mass is 290 g/mol. The zero-order valence-corrected chi connectivity index (χ0v) is 15.2. The lowest BCUT2D eigenvalue weighted by atomic mass is 9.86. The van der Waals surface area contributed by atoms with Crippen LogP contribution < -0.4 is 0 Å². The van der Waals surface area contributed by atoms with Crippen molar-refractivity contribution in [2.45, 2.75) is 55.4 Å². The Morgan fingerprint density at radius 1 is 0.318 bits per heavy atom. The van der Waals surface area contributed by atoms with Gasteiger partial charge in [-0.1, -0.05) is 0 Å². The molecule has 0 amide bonds. The Morgan fingerprint density at radius 2 is 0.500 bits per heavy atom. The topological polar surface area (TPSA) is 0 Å². The molecule has 0 atom stereocenters. The highest BCUT2D eigenvalue weighted by Gasteiger charge is 2.14. The van der Waals surface area contributed by atoms with E-state index in [0.29, 0.717) is 0 Å². The lowest BCUT2D eigenvalue weighted by molar-refractivity contribution is 1.24. The molecule has 0 unspecified atom stereocenters. The van der Waals surface area contributed by atoms with Gasteiger partial charge in [-0.15, -0.1) is 0 Å². The Balaban J connectivity index is 2.64. The first-order valence-electron chi connectivity index (χ1n) is 8.15. The van der Waals surface area contributed by atoms with Gasteiger partial charge in [-0.25, -0.2) is 0 Å². The fourth-order valence-corrected chi connectivity index (χ4v) is 3.77. The van der Waals surface area contributed by atoms with Crippen molar-refractivity contribution in [3.05, 3.63) is 56.6 Å². The molecular formula is C22H26. The molecule has 3 aromatic rings. The van der Waals surface area contributed by atoms with E-state index >= 15 is 0 Å². The van der Waals surface area contributed by atoms with Crippen molar-refractivity contribution < 1.29 is 0 Å². The minimum absolute atomic E-state index is 1.42. The van der Waals surface area contributed by atoms with E-state index in [2.05, 4.69) is 67.5 Å². The third-order valence-electron chi connectivity index (χ3n) is 6.15. The Morgan fingerprint density at radius 3 is 0.682 bits per heavy atom. The van der Waals surface area contributed by atoms with Crippen LogP contribution in [0, 0.1) is 55.4 Å². The van der Waals surface area contributed by atoms with Crippen molar-refractivity contribution in [3.8, 4) is 0 Å². The summed E-state index contributed by atoms with van der Waals surface area (Å²) in [7, 11) is 0. The van der Waals surface area contributed by atoms with Crippen LogP contribution in [0.1, 0.15) is 44.5 Å². The maximum Gasteiger partial charge on any atom is -0.0143 e. The molecule has 3 rings (SSSR count). The zero-order valence-electron chi connectivity index (χ0n) is 15.2. The van der Waals surface area contributed by atoms with Crippen LogP contribution in [0.4, 0.5) is 0 Å². The lowest BCUT2D eigenvalue weighted by Crippen LogP contribution is -1.97. The summed E-state index contributed by atoms with van der Waals surface area (Å²) in [6.07, 6.45) is 0. The summed E-state index contributed by atoms with van der Waals surface area (Å²) in [6, 6.07) is 4.85. The summed E-state index contributed by atoms with van der Waals surface area (Å²) in [5.74, 6) is 0. The van der Waals surface area contributed by atoms with E-state index in [9.17, 15) is 0 Å². The molecule has 22 heavy (non-hydrogen) atoms. The smallest absolute Gasteiger partial charge is 0.0143 e. The molecule has 0 nitrogen and oxygen atoms in total. The van der Waals surface area contributed by atoms with Gasteiger partial charge in [0.1, 0.15) is 0 Å². The third-order valence-corrected chi connectivity index (χ3v) is 6.15. The van der Waals surface area contributed by atoms with E-state index in [0.717, 1.165) is 0 Å². The third kappa shape index (κ3) is 1.83. The van der Waals surface area contributed by atoms with Crippen molar-refractivity contribution in [1.29, 1.82) is 0 Å². The molecule has 0 radical (unpaired) electrons. The molecule has 0 fully saturated rings. The fourth-order valence-electron chi connectivity index (χ4n) is 3.77. The summed E-state index contributed by atoms with van der Waals surface area (Å²) >= 11 is 0. The van der Waals surface area contributed by atoms with Crippen molar-refractivity contribution in [2.24, 2.45) is 0 Å². The van der Waals surface area contributed by atoms with E-state index < -0.39 is 0 Å². The highest BCUT2D eigenvalue weighted by atomic mass is 14.2. The minimum Gasteiger partial charge on any atom is -0.0459 e. The van der Waals surface area contributed by atoms with Crippen LogP contribution in [0.25, 0.3) is 21.5 Å². The predicted octanol–water partition coefficient (Wildman–Crippen LogP) is 6.46. The van der Waals surface area contributed by atoms with Gasteiger partial charge in [-0.3, -0.25) is 0 Å². The van der Waals surface area contributed by atoms with Gasteiger partial charge in [0.15, 0.2) is 0 Å². The van der Waals surface area contributed by atoms with Gasteiger partial charge in [0.2, 0.25) is 0 Å². The van der Waals surface area contributed by atoms with Gasteiger partial charge in [-0.05, 0) is 134 Å². The molecular weight excluding hydrogens is 264 g/mol. The van der Waals surface area contributed by atoms with E-state index in [1.54, 1.807) is 0 Å². The normalized spacial score (nSPS) is 11.6. The van der Waals surface area contributed by atoms with Gasteiger partial charge in [0, 0.05) is 0 Å². The molecule has 0 aliphatic heterocycles. The Labute approximate surface area is 134 Å². The highest BCUT2D eigenvalue weighted by molar-refractivity contribution is 6.04. The van der Waals surface area contributed by atoms with Crippen molar-refractivity contribution in [3.63, 3.8) is 0 Å². The average Bonchev–Trinajstić information content (AvgIpc) is 2.52. The van der Waals surface area contributed by atoms with Gasteiger partial charge in [-0.2, -0.15) is 0 Å². The summed E-state index contributed by atoms with van der Waals surface area (Å²) in [5.41, 5.74) is 11.4. The number of hydrogen-bond donors (Lipinski definition) is 0. The molecule has 0 aliphatic carbocycles. The summed E-state index contributed by atoms with van der Waals surface area (Å²) in [4.78, 5) is 0. The number of rotatable bonds is 0. The molecule has 0 heteroatoms. The van der Waals surface area contributed by atoms with Gasteiger partial charge in [0.25, 0.3) is 0 Å². The number of benzene rings is 3. The van der Waals surface area contributed by atoms with Crippen LogP contribution in [-0.2, 0) is 0 Å². The standard InChI is InChI=1S/C22H26/c1-11-12(2)16(6)20-10-22-18(8)14(4)13(3)17(7)21(22)9-19(20)15(11)5/h9-10H,1-8H3. The largest absolute Gasteiger partial charge is 0.0459 e. The van der Waals surface area contributed by atoms with E-state index in [4.69, 9.17) is 0 Å². The summed E-state index contributed by atoms with van der Waals surface area (Å²) in [6.45, 7) is 18.1. The zero-order chi connectivity index (χ0) is 16.3. The molecule has 0 spiro atoms. The van der Waals surface area contributed by atoms with Gasteiger partial charge < -0.3 is 0 Å². The van der Waals surface area contributed by atoms with E-state index in [1.807, 2.05) is 0 Å². The molecule has 3 aromatic carbocycles. The Hall–Kier alpha value is -1.82. The second kappa shape index (κ2) is 4.84. The predicted molar refractivity (Wildman–Crippen MR) is 99.4 cm³/mol. The fraction of sp³-hybridized carbons (Fsp3) is 0.364. The number of hydrogen-bond acceptors (Lipinski definition) is 0. The summed E-state index contributed by atoms with van der Waals surface area (Å²) < 4.78 is 0. The van der Waals surface area contributed by atoms with Crippen LogP contribution in [0.2, 0.25) is 0 Å². The minimum atomic E-state index is 1.42. The molecule has 0 N–H and O–H groups in total. The van der Waals surface area contributed by atoms with Gasteiger partial charge in [0.05, 0.1) is 0 Å². The molecule has 0 aromatic heterocycles. The Bertz CT molecular complexity index is 787. The van der Waals surface area contributed by atoms with Crippen LogP contribution in [0.3, 0.4) is 0 Å². The van der Waals surface area contributed by atoms with Crippen molar-refractivity contribution in [2.75, 3.05) is 0 Å².